The largest absolute Gasteiger partial charge is 0.493 e. The van der Waals surface area contributed by atoms with Crippen molar-refractivity contribution in [3.8, 4) is 22.9 Å². The number of para-hydroxylation sites is 1. The molecule has 0 radical (unpaired) electrons. The number of aromatic amines is 1. The Hall–Kier alpha value is -2.34. The van der Waals surface area contributed by atoms with Crippen molar-refractivity contribution < 1.29 is 9.47 Å². The molecule has 5 nitrogen and oxygen atoms in total. The molecule has 0 amide bonds. The fourth-order valence-corrected chi connectivity index (χ4v) is 4.80. The van der Waals surface area contributed by atoms with Crippen LogP contribution in [0.25, 0.3) is 21.6 Å². The van der Waals surface area contributed by atoms with E-state index >= 15 is 0 Å². The summed E-state index contributed by atoms with van der Waals surface area (Å²) in [6, 6.07) is 5.57. The Balaban J connectivity index is 1.92. The smallest absolute Gasteiger partial charge is 0.260 e. The van der Waals surface area contributed by atoms with Gasteiger partial charge in [-0.2, -0.15) is 0 Å². The third-order valence-corrected chi connectivity index (χ3v) is 5.92. The minimum atomic E-state index is -0.0655. The van der Waals surface area contributed by atoms with Crippen molar-refractivity contribution in [2.75, 3.05) is 14.2 Å². The summed E-state index contributed by atoms with van der Waals surface area (Å²) in [7, 11) is 3.18. The van der Waals surface area contributed by atoms with Crippen LogP contribution in [0.5, 0.6) is 11.5 Å². The first kappa shape index (κ1) is 16.1. The zero-order valence-electron chi connectivity index (χ0n) is 14.3. The first-order valence-electron chi connectivity index (χ1n) is 8.49. The summed E-state index contributed by atoms with van der Waals surface area (Å²) < 4.78 is 10.8. The number of nitrogens with one attached hydrogen (secondary N) is 1. The van der Waals surface area contributed by atoms with Gasteiger partial charge in [0.25, 0.3) is 5.56 Å². The Morgan fingerprint density at radius 3 is 2.76 bits per heavy atom. The molecule has 1 aromatic carbocycles. The van der Waals surface area contributed by atoms with Gasteiger partial charge in [0.05, 0.1) is 25.2 Å². The second-order valence-corrected chi connectivity index (χ2v) is 7.28. The average Bonchev–Trinajstić information content (AvgIpc) is 2.83. The molecule has 4 rings (SSSR count). The predicted octanol–water partition coefficient (Wildman–Crippen LogP) is 3.94. The van der Waals surface area contributed by atoms with E-state index in [0.29, 0.717) is 17.3 Å². The Morgan fingerprint density at radius 1 is 1.12 bits per heavy atom. The molecule has 0 bridgehead atoms. The number of benzene rings is 1. The summed E-state index contributed by atoms with van der Waals surface area (Å²) in [5, 5.41) is 0.771. The molecule has 1 aliphatic carbocycles. The number of rotatable bonds is 3. The van der Waals surface area contributed by atoms with Crippen LogP contribution in [0.15, 0.2) is 23.0 Å². The highest BCUT2D eigenvalue weighted by atomic mass is 32.1. The zero-order chi connectivity index (χ0) is 17.4. The van der Waals surface area contributed by atoms with Gasteiger partial charge < -0.3 is 14.5 Å². The number of hydrogen-bond donors (Lipinski definition) is 1. The highest BCUT2D eigenvalue weighted by molar-refractivity contribution is 7.18. The van der Waals surface area contributed by atoms with E-state index in [4.69, 9.17) is 14.5 Å². The number of H-pyrrole nitrogens is 1. The normalized spacial score (nSPS) is 14.2. The van der Waals surface area contributed by atoms with Gasteiger partial charge in [-0.25, -0.2) is 4.98 Å². The van der Waals surface area contributed by atoms with Crippen molar-refractivity contribution in [3.05, 3.63) is 39.0 Å². The molecule has 3 aromatic rings. The van der Waals surface area contributed by atoms with Crippen molar-refractivity contribution in [3.63, 3.8) is 0 Å². The molecule has 2 heterocycles. The molecule has 0 spiro atoms. The summed E-state index contributed by atoms with van der Waals surface area (Å²) >= 11 is 1.66. The second kappa shape index (κ2) is 6.52. The molecule has 6 heteroatoms. The number of aryl methyl sites for hydroxylation is 2. The lowest BCUT2D eigenvalue weighted by molar-refractivity contribution is 0.356. The average molecular weight is 356 g/mol. The van der Waals surface area contributed by atoms with Crippen molar-refractivity contribution in [1.29, 1.82) is 0 Å². The van der Waals surface area contributed by atoms with Gasteiger partial charge in [-0.3, -0.25) is 4.79 Å². The van der Waals surface area contributed by atoms with Crippen LogP contribution < -0.4 is 15.0 Å². The van der Waals surface area contributed by atoms with Gasteiger partial charge in [0, 0.05) is 4.88 Å². The van der Waals surface area contributed by atoms with E-state index in [2.05, 4.69) is 4.98 Å². The summed E-state index contributed by atoms with van der Waals surface area (Å²) in [6.45, 7) is 0. The number of methoxy groups -OCH3 is 2. The molecule has 0 fully saturated rings. The Morgan fingerprint density at radius 2 is 1.96 bits per heavy atom. The molecule has 25 heavy (non-hydrogen) atoms. The number of nitrogens with zero attached hydrogens (tertiary/aromatic N) is 1. The van der Waals surface area contributed by atoms with Gasteiger partial charge in [0.2, 0.25) is 0 Å². The van der Waals surface area contributed by atoms with Crippen molar-refractivity contribution in [1.82, 2.24) is 9.97 Å². The fourth-order valence-electron chi connectivity index (χ4n) is 3.54. The third-order valence-electron chi connectivity index (χ3n) is 4.73. The number of thiophene rings is 1. The topological polar surface area (TPSA) is 64.2 Å². The van der Waals surface area contributed by atoms with Crippen LogP contribution >= 0.6 is 11.3 Å². The first-order valence-corrected chi connectivity index (χ1v) is 9.30. The Kier molecular flexibility index (Phi) is 4.21. The molecule has 0 saturated heterocycles. The maximum atomic E-state index is 12.8. The van der Waals surface area contributed by atoms with Crippen LogP contribution in [0.1, 0.15) is 29.7 Å². The summed E-state index contributed by atoms with van der Waals surface area (Å²) in [5.41, 5.74) is 1.86. The second-order valence-electron chi connectivity index (χ2n) is 6.20. The van der Waals surface area contributed by atoms with Crippen LogP contribution in [0.2, 0.25) is 0 Å². The maximum absolute atomic E-state index is 12.8. The van der Waals surface area contributed by atoms with Gasteiger partial charge in [-0.15, -0.1) is 11.3 Å². The molecular weight excluding hydrogens is 336 g/mol. The quantitative estimate of drug-likeness (QED) is 0.722. The molecule has 0 saturated carbocycles. The van der Waals surface area contributed by atoms with E-state index in [-0.39, 0.29) is 5.56 Å². The van der Waals surface area contributed by atoms with Gasteiger partial charge in [0.15, 0.2) is 11.5 Å². The minimum absolute atomic E-state index is 0.0655. The third kappa shape index (κ3) is 2.70. The van der Waals surface area contributed by atoms with Gasteiger partial charge in [0.1, 0.15) is 10.7 Å². The number of fused-ring (bicyclic) bond motifs is 3. The number of ether oxygens (including phenoxy) is 2. The lowest BCUT2D eigenvalue weighted by atomic mass is 10.1. The van der Waals surface area contributed by atoms with Gasteiger partial charge in [-0.1, -0.05) is 12.5 Å². The van der Waals surface area contributed by atoms with E-state index in [1.165, 1.54) is 23.3 Å². The van der Waals surface area contributed by atoms with Crippen molar-refractivity contribution >= 4 is 21.6 Å². The number of hydrogen-bond acceptors (Lipinski definition) is 5. The molecule has 130 valence electrons. The molecule has 2 aromatic heterocycles. The number of aromatic nitrogens is 2. The van der Waals surface area contributed by atoms with Crippen LogP contribution in [0, 0.1) is 0 Å². The predicted molar refractivity (Wildman–Crippen MR) is 100 cm³/mol. The highest BCUT2D eigenvalue weighted by Gasteiger charge is 2.20. The van der Waals surface area contributed by atoms with E-state index in [1.807, 2.05) is 18.2 Å². The molecular formula is C19H20N2O3S. The highest BCUT2D eigenvalue weighted by Crippen LogP contribution is 2.38. The molecule has 0 atom stereocenters. The van der Waals surface area contributed by atoms with E-state index in [1.54, 1.807) is 25.6 Å². The van der Waals surface area contributed by atoms with E-state index in [0.717, 1.165) is 35.0 Å². The van der Waals surface area contributed by atoms with E-state index in [9.17, 15) is 4.79 Å². The van der Waals surface area contributed by atoms with Crippen molar-refractivity contribution in [2.24, 2.45) is 0 Å². The molecule has 1 aliphatic rings. The Bertz CT molecular complexity index is 990. The van der Waals surface area contributed by atoms with Gasteiger partial charge in [-0.05, 0) is 43.4 Å². The minimum Gasteiger partial charge on any atom is -0.493 e. The molecule has 0 unspecified atom stereocenters. The SMILES string of the molecule is COc1cccc(-c2nc3sc4c(c3c(=O)[nH]2)CCCCC4)c1OC. The van der Waals surface area contributed by atoms with Crippen LogP contribution in [0.4, 0.5) is 0 Å². The van der Waals surface area contributed by atoms with Crippen LogP contribution in [-0.4, -0.2) is 24.2 Å². The molecule has 1 N–H and O–H groups in total. The monoisotopic (exact) mass is 356 g/mol. The van der Waals surface area contributed by atoms with Crippen LogP contribution in [-0.2, 0) is 12.8 Å². The fraction of sp³-hybridized carbons (Fsp3) is 0.368. The first-order chi connectivity index (χ1) is 12.2. The molecule has 0 aliphatic heterocycles. The Labute approximate surface area is 149 Å². The summed E-state index contributed by atoms with van der Waals surface area (Å²) in [5.74, 6) is 1.71. The van der Waals surface area contributed by atoms with Crippen LogP contribution in [0.3, 0.4) is 0 Å². The summed E-state index contributed by atoms with van der Waals surface area (Å²) in [4.78, 5) is 22.7. The lowest BCUT2D eigenvalue weighted by Crippen LogP contribution is -2.10. The standard InChI is InChI=1S/C19H20N2O3S/c1-23-13-9-6-8-12(16(13)24-2)17-20-18(22)15-11-7-4-3-5-10-14(11)25-19(15)21-17/h6,8-9H,3-5,7,10H2,1-2H3,(H,20,21,22). The maximum Gasteiger partial charge on any atom is 0.260 e. The summed E-state index contributed by atoms with van der Waals surface area (Å²) in [6.07, 6.45) is 5.58. The zero-order valence-corrected chi connectivity index (χ0v) is 15.2. The van der Waals surface area contributed by atoms with Gasteiger partial charge >= 0.3 is 0 Å². The van der Waals surface area contributed by atoms with E-state index < -0.39 is 0 Å². The lowest BCUT2D eigenvalue weighted by Gasteiger charge is -2.11. The van der Waals surface area contributed by atoms with Crippen molar-refractivity contribution in [2.45, 2.75) is 32.1 Å².